The molecule has 88 valence electrons. The van der Waals surface area contributed by atoms with E-state index in [4.69, 9.17) is 0 Å². The number of alkyl halides is 2. The molecule has 0 heterocycles. The van der Waals surface area contributed by atoms with Crippen molar-refractivity contribution in [1.29, 1.82) is 0 Å². The fourth-order valence-corrected chi connectivity index (χ4v) is 1.77. The molecule has 0 radical (unpaired) electrons. The summed E-state index contributed by atoms with van der Waals surface area (Å²) >= 11 is 0. The van der Waals surface area contributed by atoms with Gasteiger partial charge in [0, 0.05) is 24.8 Å². The lowest BCUT2D eigenvalue weighted by molar-refractivity contribution is -0.129. The highest BCUT2D eigenvalue weighted by molar-refractivity contribution is 5.79. The first-order valence-electron chi connectivity index (χ1n) is 5.63. The maximum atomic E-state index is 12.8. The van der Waals surface area contributed by atoms with Gasteiger partial charge in [-0.25, -0.2) is 8.78 Å². The van der Waals surface area contributed by atoms with Crippen LogP contribution in [0, 0.1) is 5.92 Å². The molecule has 0 aromatic rings. The second-order valence-corrected chi connectivity index (χ2v) is 4.45. The molecule has 0 spiro atoms. The Balaban J connectivity index is 2.36. The molecule has 2 nitrogen and oxygen atoms in total. The molecule has 1 rings (SSSR count). The Kier molecular flexibility index (Phi) is 4.05. The van der Waals surface area contributed by atoms with Crippen LogP contribution in [0.4, 0.5) is 8.78 Å². The van der Waals surface area contributed by atoms with E-state index >= 15 is 0 Å². The van der Waals surface area contributed by atoms with Crippen molar-refractivity contribution in [3.8, 4) is 0 Å². The summed E-state index contributed by atoms with van der Waals surface area (Å²) in [4.78, 5) is 11.6. The fraction of sp³-hybridized carbons (Fsp3) is 0.909. The van der Waals surface area contributed by atoms with Crippen LogP contribution in [0.3, 0.4) is 0 Å². The van der Waals surface area contributed by atoms with Crippen LogP contribution in [0.25, 0.3) is 0 Å². The van der Waals surface area contributed by atoms with E-state index in [0.29, 0.717) is 12.8 Å². The van der Waals surface area contributed by atoms with E-state index < -0.39 is 5.92 Å². The zero-order chi connectivity index (χ0) is 11.5. The molecule has 1 N–H and O–H groups in total. The molecular formula is C11H19F2NO. The van der Waals surface area contributed by atoms with E-state index in [2.05, 4.69) is 5.32 Å². The molecule has 0 aromatic carbocycles. The Morgan fingerprint density at radius 1 is 1.47 bits per heavy atom. The van der Waals surface area contributed by atoms with Gasteiger partial charge in [0.1, 0.15) is 0 Å². The summed E-state index contributed by atoms with van der Waals surface area (Å²) in [5, 5.41) is 2.84. The average Bonchev–Trinajstić information content (AvgIpc) is 2.17. The summed E-state index contributed by atoms with van der Waals surface area (Å²) in [5.41, 5.74) is 0. The molecule has 0 saturated heterocycles. The van der Waals surface area contributed by atoms with Gasteiger partial charge in [0.25, 0.3) is 0 Å². The molecule has 0 bridgehead atoms. The number of amides is 1. The van der Waals surface area contributed by atoms with Crippen LogP contribution < -0.4 is 5.32 Å². The van der Waals surface area contributed by atoms with E-state index in [9.17, 15) is 13.6 Å². The van der Waals surface area contributed by atoms with E-state index in [1.807, 2.05) is 13.8 Å². The molecule has 1 saturated carbocycles. The van der Waals surface area contributed by atoms with Crippen molar-refractivity contribution in [2.75, 3.05) is 0 Å². The molecule has 1 aliphatic carbocycles. The highest BCUT2D eigenvalue weighted by Gasteiger charge is 2.37. The summed E-state index contributed by atoms with van der Waals surface area (Å²) in [5.74, 6) is -2.81. The Morgan fingerprint density at radius 3 is 2.47 bits per heavy atom. The van der Waals surface area contributed by atoms with E-state index in [1.165, 1.54) is 0 Å². The Morgan fingerprint density at radius 2 is 2.00 bits per heavy atom. The highest BCUT2D eigenvalue weighted by Crippen LogP contribution is 2.36. The van der Waals surface area contributed by atoms with E-state index in [1.54, 1.807) is 0 Å². The van der Waals surface area contributed by atoms with Crippen molar-refractivity contribution >= 4 is 5.91 Å². The van der Waals surface area contributed by atoms with Gasteiger partial charge in [-0.05, 0) is 26.2 Å². The Bertz CT molecular complexity index is 221. The number of hydrogen-bond acceptors (Lipinski definition) is 1. The van der Waals surface area contributed by atoms with Crippen LogP contribution in [0.5, 0.6) is 0 Å². The maximum absolute atomic E-state index is 12.8. The van der Waals surface area contributed by atoms with Crippen molar-refractivity contribution in [2.45, 2.75) is 57.9 Å². The number of nitrogens with one attached hydrogen (secondary N) is 1. The van der Waals surface area contributed by atoms with Crippen molar-refractivity contribution in [1.82, 2.24) is 5.32 Å². The van der Waals surface area contributed by atoms with Crippen molar-refractivity contribution in [3.05, 3.63) is 0 Å². The van der Waals surface area contributed by atoms with Gasteiger partial charge in [0.2, 0.25) is 11.8 Å². The first-order valence-corrected chi connectivity index (χ1v) is 5.63. The first-order chi connectivity index (χ1) is 6.94. The predicted molar refractivity (Wildman–Crippen MR) is 54.8 cm³/mol. The maximum Gasteiger partial charge on any atom is 0.248 e. The second kappa shape index (κ2) is 4.90. The predicted octanol–water partition coefficient (Wildman–Crippen LogP) is 2.73. The Hall–Kier alpha value is -0.670. The molecule has 1 atom stereocenters. The standard InChI is InChI=1S/C11H19F2NO/c1-3-8(2)14-10(15)9-4-6-11(12,13)7-5-9/h8-9H,3-7H2,1-2H3,(H,14,15). The number of rotatable bonds is 3. The zero-order valence-electron chi connectivity index (χ0n) is 9.35. The minimum Gasteiger partial charge on any atom is -0.353 e. The molecule has 0 aromatic heterocycles. The van der Waals surface area contributed by atoms with Crippen LogP contribution in [0.15, 0.2) is 0 Å². The molecule has 0 aliphatic heterocycles. The van der Waals surface area contributed by atoms with Gasteiger partial charge in [0.05, 0.1) is 0 Å². The Labute approximate surface area is 89.4 Å². The summed E-state index contributed by atoms with van der Waals surface area (Å²) < 4.78 is 25.7. The van der Waals surface area contributed by atoms with Gasteiger partial charge in [-0.3, -0.25) is 4.79 Å². The summed E-state index contributed by atoms with van der Waals surface area (Å²) in [7, 11) is 0. The number of carbonyl (C=O) groups is 1. The third kappa shape index (κ3) is 3.76. The monoisotopic (exact) mass is 219 g/mol. The molecular weight excluding hydrogens is 200 g/mol. The van der Waals surface area contributed by atoms with E-state index in [0.717, 1.165) is 6.42 Å². The quantitative estimate of drug-likeness (QED) is 0.777. The molecule has 4 heteroatoms. The van der Waals surface area contributed by atoms with Crippen molar-refractivity contribution < 1.29 is 13.6 Å². The topological polar surface area (TPSA) is 29.1 Å². The number of halogens is 2. The van der Waals surface area contributed by atoms with E-state index in [-0.39, 0.29) is 30.7 Å². The van der Waals surface area contributed by atoms with Gasteiger partial charge >= 0.3 is 0 Å². The largest absolute Gasteiger partial charge is 0.353 e. The highest BCUT2D eigenvalue weighted by atomic mass is 19.3. The second-order valence-electron chi connectivity index (χ2n) is 4.45. The third-order valence-electron chi connectivity index (χ3n) is 3.09. The van der Waals surface area contributed by atoms with Crippen LogP contribution >= 0.6 is 0 Å². The summed E-state index contributed by atoms with van der Waals surface area (Å²) in [6, 6.07) is 0.139. The molecule has 1 fully saturated rings. The smallest absolute Gasteiger partial charge is 0.248 e. The SMILES string of the molecule is CCC(C)NC(=O)C1CCC(F)(F)CC1. The van der Waals surface area contributed by atoms with Crippen LogP contribution in [-0.2, 0) is 4.79 Å². The lowest BCUT2D eigenvalue weighted by Gasteiger charge is -2.28. The van der Waals surface area contributed by atoms with Gasteiger partial charge in [-0.2, -0.15) is 0 Å². The average molecular weight is 219 g/mol. The molecule has 15 heavy (non-hydrogen) atoms. The normalized spacial score (nSPS) is 23.5. The lowest BCUT2D eigenvalue weighted by atomic mass is 9.86. The minimum atomic E-state index is -2.55. The van der Waals surface area contributed by atoms with Crippen LogP contribution in [0.1, 0.15) is 46.0 Å². The summed E-state index contributed by atoms with van der Waals surface area (Å²) in [6.45, 7) is 3.91. The molecule has 1 aliphatic rings. The number of carbonyl (C=O) groups excluding carboxylic acids is 1. The van der Waals surface area contributed by atoms with Gasteiger partial charge in [-0.1, -0.05) is 6.92 Å². The van der Waals surface area contributed by atoms with Crippen LogP contribution in [-0.4, -0.2) is 17.9 Å². The zero-order valence-corrected chi connectivity index (χ0v) is 9.35. The number of hydrogen-bond donors (Lipinski definition) is 1. The fourth-order valence-electron chi connectivity index (χ4n) is 1.77. The molecule has 1 unspecified atom stereocenters. The molecule has 1 amide bonds. The van der Waals surface area contributed by atoms with Crippen molar-refractivity contribution in [3.63, 3.8) is 0 Å². The third-order valence-corrected chi connectivity index (χ3v) is 3.09. The van der Waals surface area contributed by atoms with Gasteiger partial charge in [0.15, 0.2) is 0 Å². The minimum absolute atomic E-state index is 0.0557. The van der Waals surface area contributed by atoms with Gasteiger partial charge < -0.3 is 5.32 Å². The van der Waals surface area contributed by atoms with Crippen LogP contribution in [0.2, 0.25) is 0 Å². The first kappa shape index (κ1) is 12.4. The van der Waals surface area contributed by atoms with Gasteiger partial charge in [-0.15, -0.1) is 0 Å². The summed E-state index contributed by atoms with van der Waals surface area (Å²) in [6.07, 6.45) is 1.20. The lowest BCUT2D eigenvalue weighted by Crippen LogP contribution is -2.39. The van der Waals surface area contributed by atoms with Crippen molar-refractivity contribution in [2.24, 2.45) is 5.92 Å².